The van der Waals surface area contributed by atoms with Gasteiger partial charge in [-0.1, -0.05) is 18.2 Å². The fourth-order valence-electron chi connectivity index (χ4n) is 2.25. The van der Waals surface area contributed by atoms with Crippen LogP contribution in [0.4, 0.5) is 0 Å². The first-order chi connectivity index (χ1) is 11.7. The number of carbonyl (C=O) groups excluding carboxylic acids is 1. The zero-order valence-corrected chi connectivity index (χ0v) is 15.7. The molecule has 0 N–H and O–H groups in total. The summed E-state index contributed by atoms with van der Waals surface area (Å²) in [4.78, 5) is 13.7. The zero-order valence-electron chi connectivity index (χ0n) is 14.9. The zero-order chi connectivity index (χ0) is 18.7. The second-order valence-electron chi connectivity index (χ2n) is 6.23. The first-order valence-electron chi connectivity index (χ1n) is 7.96. The molecule has 0 spiro atoms. The lowest BCUT2D eigenvalue weighted by molar-refractivity contribution is -0.137. The van der Waals surface area contributed by atoms with Gasteiger partial charge in [0.25, 0.3) is 0 Å². The van der Waals surface area contributed by atoms with E-state index in [4.69, 9.17) is 9.47 Å². The molecule has 1 aromatic rings. The molecule has 2 rings (SSSR count). The summed E-state index contributed by atoms with van der Waals surface area (Å²) in [6, 6.07) is 7.79. The number of rotatable bonds is 5. The lowest BCUT2D eigenvalue weighted by atomic mass is 10.1. The molecule has 1 heterocycles. The fourth-order valence-corrected chi connectivity index (χ4v) is 3.54. The van der Waals surface area contributed by atoms with Crippen molar-refractivity contribution < 1.29 is 22.7 Å². The molecule has 136 valence electrons. The summed E-state index contributed by atoms with van der Waals surface area (Å²) in [5, 5.41) is 0. The largest absolute Gasteiger partial charge is 0.477 e. The number of ether oxygens (including phenoxy) is 2. The summed E-state index contributed by atoms with van der Waals surface area (Å²) in [6.07, 6.45) is 2.73. The summed E-state index contributed by atoms with van der Waals surface area (Å²) in [6.45, 7) is 6.19. The smallest absolute Gasteiger partial charge is 0.350 e. The van der Waals surface area contributed by atoms with Crippen molar-refractivity contribution in [2.45, 2.75) is 31.2 Å². The molecule has 1 aliphatic heterocycles. The van der Waals surface area contributed by atoms with Gasteiger partial charge in [0.05, 0.1) is 17.0 Å². The summed E-state index contributed by atoms with van der Waals surface area (Å²) in [5.74, 6) is -0.391. The van der Waals surface area contributed by atoms with Gasteiger partial charge in [0.2, 0.25) is 9.84 Å². The Kier molecular flexibility index (Phi) is 5.57. The van der Waals surface area contributed by atoms with Gasteiger partial charge in [0.15, 0.2) is 10.8 Å². The molecule has 0 saturated carbocycles. The Balaban J connectivity index is 2.46. The maximum absolute atomic E-state index is 12.8. The normalized spacial score (nSPS) is 19.0. The molecular formula is C18H23NO5S. The molecule has 0 amide bonds. The van der Waals surface area contributed by atoms with E-state index in [1.165, 1.54) is 24.3 Å². The maximum Gasteiger partial charge on any atom is 0.350 e. The van der Waals surface area contributed by atoms with Crippen molar-refractivity contribution in [1.82, 2.24) is 4.90 Å². The second kappa shape index (κ2) is 7.31. The van der Waals surface area contributed by atoms with E-state index in [0.717, 1.165) is 0 Å². The number of esters is 1. The maximum atomic E-state index is 12.8. The summed E-state index contributed by atoms with van der Waals surface area (Å²) in [7, 11) is -2.14. The number of hydrogen-bond acceptors (Lipinski definition) is 6. The van der Waals surface area contributed by atoms with Crippen molar-refractivity contribution >= 4 is 15.8 Å². The molecule has 1 saturated heterocycles. The molecule has 0 unspecified atom stereocenters. The second-order valence-corrected chi connectivity index (χ2v) is 8.15. The first kappa shape index (κ1) is 19.1. The lowest BCUT2D eigenvalue weighted by Gasteiger charge is -2.25. The molecular weight excluding hydrogens is 342 g/mol. The van der Waals surface area contributed by atoms with Crippen LogP contribution >= 0.6 is 0 Å². The van der Waals surface area contributed by atoms with E-state index in [9.17, 15) is 13.2 Å². The van der Waals surface area contributed by atoms with Crippen molar-refractivity contribution in [2.75, 3.05) is 20.3 Å². The van der Waals surface area contributed by atoms with Crippen LogP contribution in [0.2, 0.25) is 0 Å². The van der Waals surface area contributed by atoms with Gasteiger partial charge in [-0.15, -0.1) is 0 Å². The van der Waals surface area contributed by atoms with E-state index in [0.29, 0.717) is 12.5 Å². The Morgan fingerprint density at radius 3 is 2.48 bits per heavy atom. The number of likely N-dealkylation sites (N-methyl/N-ethyl adjacent to an activating group) is 1. The molecule has 1 fully saturated rings. The van der Waals surface area contributed by atoms with Gasteiger partial charge in [0.1, 0.15) is 6.61 Å². The highest BCUT2D eigenvalue weighted by Gasteiger charge is 2.34. The highest BCUT2D eigenvalue weighted by atomic mass is 32.2. The minimum absolute atomic E-state index is 0.0359. The van der Waals surface area contributed by atoms with Crippen molar-refractivity contribution in [1.29, 1.82) is 0 Å². The molecule has 0 radical (unpaired) electrons. The van der Waals surface area contributed by atoms with Crippen molar-refractivity contribution in [3.8, 4) is 0 Å². The number of hydrogen-bond donors (Lipinski definition) is 0. The number of benzene rings is 1. The van der Waals surface area contributed by atoms with Crippen LogP contribution in [0.3, 0.4) is 0 Å². The average molecular weight is 365 g/mol. The predicted octanol–water partition coefficient (Wildman–Crippen LogP) is 2.49. The van der Waals surface area contributed by atoms with E-state index in [-0.39, 0.29) is 17.0 Å². The van der Waals surface area contributed by atoms with Crippen LogP contribution in [-0.4, -0.2) is 45.1 Å². The topological polar surface area (TPSA) is 72.9 Å². The Labute approximate surface area is 148 Å². The number of nitrogens with zero attached hydrogens (tertiary/aromatic N) is 1. The Morgan fingerprint density at radius 1 is 1.32 bits per heavy atom. The molecule has 1 aliphatic rings. The Hall–Kier alpha value is -2.28. The van der Waals surface area contributed by atoms with Gasteiger partial charge < -0.3 is 14.4 Å². The monoisotopic (exact) mass is 365 g/mol. The standard InChI is InChI=1S/C18H23NO5S/c1-5-23-17(20)15(25(21,22)14-9-7-6-8-10-14)11-12-16-19(4)18(2,3)13-24-16/h6-12H,5,13H2,1-4H3/b15-11-,16-12-. The third-order valence-electron chi connectivity index (χ3n) is 4.01. The Morgan fingerprint density at radius 2 is 1.96 bits per heavy atom. The molecule has 0 aromatic heterocycles. The van der Waals surface area contributed by atoms with Crippen LogP contribution in [0.5, 0.6) is 0 Å². The van der Waals surface area contributed by atoms with Crippen LogP contribution in [0, 0.1) is 0 Å². The van der Waals surface area contributed by atoms with Gasteiger partial charge >= 0.3 is 5.97 Å². The van der Waals surface area contributed by atoms with Crippen molar-refractivity contribution in [3.63, 3.8) is 0 Å². The van der Waals surface area contributed by atoms with Gasteiger partial charge in [-0.2, -0.15) is 0 Å². The lowest BCUT2D eigenvalue weighted by Crippen LogP contribution is -2.36. The van der Waals surface area contributed by atoms with Crippen LogP contribution in [0.1, 0.15) is 20.8 Å². The highest BCUT2D eigenvalue weighted by molar-refractivity contribution is 7.96. The van der Waals surface area contributed by atoms with Crippen LogP contribution < -0.4 is 0 Å². The number of allylic oxidation sites excluding steroid dienone is 2. The van der Waals surface area contributed by atoms with E-state index >= 15 is 0 Å². The van der Waals surface area contributed by atoms with Gasteiger partial charge in [-0.25, -0.2) is 13.2 Å². The molecule has 1 aromatic carbocycles. The van der Waals surface area contributed by atoms with Crippen molar-refractivity contribution in [2.24, 2.45) is 0 Å². The summed E-state index contributed by atoms with van der Waals surface area (Å²) < 4.78 is 36.1. The molecule has 0 bridgehead atoms. The summed E-state index contributed by atoms with van der Waals surface area (Å²) >= 11 is 0. The molecule has 6 nitrogen and oxygen atoms in total. The van der Waals surface area contributed by atoms with Gasteiger partial charge in [-0.3, -0.25) is 0 Å². The third kappa shape index (κ3) is 4.04. The fraction of sp³-hybridized carbons (Fsp3) is 0.389. The highest BCUT2D eigenvalue weighted by Crippen LogP contribution is 2.28. The molecule has 7 heteroatoms. The average Bonchev–Trinajstić information content (AvgIpc) is 2.83. The van der Waals surface area contributed by atoms with E-state index < -0.39 is 20.7 Å². The van der Waals surface area contributed by atoms with E-state index in [1.54, 1.807) is 25.1 Å². The third-order valence-corrected chi connectivity index (χ3v) is 5.78. The number of sulfone groups is 1. The number of carbonyl (C=O) groups is 1. The SMILES string of the molecule is CCOC(=O)/C(=C/C=C1\OCC(C)(C)N1C)S(=O)(=O)c1ccccc1. The van der Waals surface area contributed by atoms with Crippen LogP contribution in [0.25, 0.3) is 0 Å². The van der Waals surface area contributed by atoms with Crippen LogP contribution in [0.15, 0.2) is 58.2 Å². The van der Waals surface area contributed by atoms with Crippen LogP contribution in [-0.2, 0) is 24.1 Å². The van der Waals surface area contributed by atoms with E-state index in [1.807, 2.05) is 25.8 Å². The first-order valence-corrected chi connectivity index (χ1v) is 9.44. The van der Waals surface area contributed by atoms with Crippen molar-refractivity contribution in [3.05, 3.63) is 53.3 Å². The Bertz CT molecular complexity index is 794. The minimum atomic E-state index is -3.99. The molecule has 25 heavy (non-hydrogen) atoms. The van der Waals surface area contributed by atoms with E-state index in [2.05, 4.69) is 0 Å². The minimum Gasteiger partial charge on any atom is -0.477 e. The predicted molar refractivity (Wildman–Crippen MR) is 94.2 cm³/mol. The molecule has 0 atom stereocenters. The molecule has 0 aliphatic carbocycles. The van der Waals surface area contributed by atoms with Gasteiger partial charge in [-0.05, 0) is 45.1 Å². The van der Waals surface area contributed by atoms with Gasteiger partial charge in [0, 0.05) is 7.05 Å². The summed E-state index contributed by atoms with van der Waals surface area (Å²) in [5.41, 5.74) is -0.206. The quantitative estimate of drug-likeness (QED) is 0.590.